The highest BCUT2D eigenvalue weighted by atomic mass is 16.3. The number of nitrogens with zero attached hydrogens (tertiary/aromatic N) is 3. The van der Waals surface area contributed by atoms with E-state index in [2.05, 4.69) is 185 Å². The number of aromatic nitrogens is 3. The lowest BCUT2D eigenvalue weighted by Crippen LogP contribution is -1.99. The first-order valence-electron chi connectivity index (χ1n) is 18.0. The topological polar surface area (TPSA) is 35.9 Å². The van der Waals surface area contributed by atoms with Crippen molar-refractivity contribution in [3.05, 3.63) is 188 Å². The number of hydrogen-bond donors (Lipinski definition) is 0. The maximum Gasteiger partial charge on any atom is 0.145 e. The van der Waals surface area contributed by atoms with Gasteiger partial charge in [-0.15, -0.1) is 0 Å². The lowest BCUT2D eigenvalue weighted by Gasteiger charge is -2.13. The quantitative estimate of drug-likeness (QED) is 0.182. The van der Waals surface area contributed by atoms with Crippen LogP contribution in [0.15, 0.2) is 192 Å². The van der Waals surface area contributed by atoms with Crippen LogP contribution in [0.5, 0.6) is 0 Å². The van der Waals surface area contributed by atoms with E-state index in [4.69, 9.17) is 9.40 Å². The molecular weight excluding hydrogens is 647 g/mol. The molecule has 0 unspecified atom stereocenters. The van der Waals surface area contributed by atoms with Gasteiger partial charge in [-0.1, -0.05) is 127 Å². The number of benzene rings is 8. The Morgan fingerprint density at radius 1 is 0.377 bits per heavy atom. The highest BCUT2D eigenvalue weighted by Gasteiger charge is 2.19. The first kappa shape index (κ1) is 29.5. The van der Waals surface area contributed by atoms with E-state index in [9.17, 15) is 0 Å². The Bertz CT molecular complexity index is 3170. The van der Waals surface area contributed by atoms with Crippen LogP contribution in [0, 0.1) is 0 Å². The van der Waals surface area contributed by atoms with E-state index in [0.717, 1.165) is 83.5 Å². The molecule has 0 saturated carbocycles. The van der Waals surface area contributed by atoms with E-state index in [1.807, 2.05) is 12.1 Å². The maximum atomic E-state index is 6.45. The Morgan fingerprint density at radius 2 is 1.04 bits per heavy atom. The molecule has 248 valence electrons. The van der Waals surface area contributed by atoms with E-state index in [1.165, 1.54) is 16.3 Å². The van der Waals surface area contributed by atoms with Crippen LogP contribution in [0.4, 0.5) is 0 Å². The molecule has 0 spiro atoms. The van der Waals surface area contributed by atoms with Crippen LogP contribution in [-0.2, 0) is 0 Å². The summed E-state index contributed by atoms with van der Waals surface area (Å²) >= 11 is 0. The van der Waals surface area contributed by atoms with E-state index in [-0.39, 0.29) is 0 Å². The summed E-state index contributed by atoms with van der Waals surface area (Å²) in [5.74, 6) is 0.903. The zero-order chi connectivity index (χ0) is 34.9. The van der Waals surface area contributed by atoms with Gasteiger partial charge in [0.2, 0.25) is 0 Å². The Morgan fingerprint density at radius 3 is 1.92 bits per heavy atom. The van der Waals surface area contributed by atoms with Crippen LogP contribution in [0.3, 0.4) is 0 Å². The molecule has 0 saturated heterocycles. The van der Waals surface area contributed by atoms with Gasteiger partial charge in [0.05, 0.1) is 22.1 Å². The van der Waals surface area contributed by atoms with E-state index >= 15 is 0 Å². The first-order chi connectivity index (χ1) is 26.3. The van der Waals surface area contributed by atoms with E-state index < -0.39 is 0 Å². The van der Waals surface area contributed by atoms with Crippen molar-refractivity contribution in [3.8, 4) is 45.0 Å². The molecule has 0 aliphatic rings. The number of hydrogen-bond acceptors (Lipinski definition) is 2. The fraction of sp³-hybridized carbons (Fsp3) is 0. The predicted octanol–water partition coefficient (Wildman–Crippen LogP) is 13.0. The summed E-state index contributed by atoms with van der Waals surface area (Å²) in [6.45, 7) is 0. The summed E-state index contributed by atoms with van der Waals surface area (Å²) in [7, 11) is 0. The average molecular weight is 678 g/mol. The monoisotopic (exact) mass is 677 g/mol. The molecule has 3 aromatic heterocycles. The van der Waals surface area contributed by atoms with Crippen molar-refractivity contribution in [2.45, 2.75) is 0 Å². The van der Waals surface area contributed by atoms with E-state index in [0.29, 0.717) is 0 Å². The molecule has 11 aromatic rings. The van der Waals surface area contributed by atoms with Crippen molar-refractivity contribution in [1.29, 1.82) is 0 Å². The summed E-state index contributed by atoms with van der Waals surface area (Å²) in [5.41, 5.74) is 13.9. The fourth-order valence-electron chi connectivity index (χ4n) is 8.10. The molecule has 0 N–H and O–H groups in total. The molecule has 0 aliphatic carbocycles. The average Bonchev–Trinajstić information content (AvgIpc) is 3.91. The molecule has 4 heteroatoms. The molecule has 0 amide bonds. The minimum absolute atomic E-state index is 0.903. The van der Waals surface area contributed by atoms with Gasteiger partial charge in [-0.05, 0) is 77.4 Å². The second-order valence-corrected chi connectivity index (χ2v) is 13.6. The van der Waals surface area contributed by atoms with Crippen molar-refractivity contribution >= 4 is 54.8 Å². The Hall–Kier alpha value is -7.17. The highest BCUT2D eigenvalue weighted by molar-refractivity contribution is 6.13. The van der Waals surface area contributed by atoms with Gasteiger partial charge in [-0.3, -0.25) is 4.57 Å². The van der Waals surface area contributed by atoms with Gasteiger partial charge in [0.15, 0.2) is 0 Å². The van der Waals surface area contributed by atoms with Gasteiger partial charge in [-0.25, -0.2) is 4.98 Å². The van der Waals surface area contributed by atoms with Crippen LogP contribution in [0.2, 0.25) is 0 Å². The van der Waals surface area contributed by atoms with Crippen LogP contribution in [-0.4, -0.2) is 14.1 Å². The number of fused-ring (bicyclic) bond motifs is 7. The number of imidazole rings is 1. The normalized spacial score (nSPS) is 11.8. The number of furan rings is 1. The van der Waals surface area contributed by atoms with Gasteiger partial charge < -0.3 is 8.98 Å². The highest BCUT2D eigenvalue weighted by Crippen LogP contribution is 2.40. The van der Waals surface area contributed by atoms with Crippen LogP contribution < -0.4 is 0 Å². The van der Waals surface area contributed by atoms with Crippen molar-refractivity contribution < 1.29 is 4.42 Å². The molecule has 0 radical (unpaired) electrons. The smallest absolute Gasteiger partial charge is 0.145 e. The largest absolute Gasteiger partial charge is 0.455 e. The Balaban J connectivity index is 1.09. The Kier molecular flexibility index (Phi) is 6.52. The number of para-hydroxylation sites is 4. The van der Waals surface area contributed by atoms with Crippen molar-refractivity contribution in [2.24, 2.45) is 0 Å². The van der Waals surface area contributed by atoms with Crippen LogP contribution in [0.1, 0.15) is 0 Å². The molecule has 4 nitrogen and oxygen atoms in total. The second-order valence-electron chi connectivity index (χ2n) is 13.6. The van der Waals surface area contributed by atoms with Gasteiger partial charge in [0.25, 0.3) is 0 Å². The SMILES string of the molecule is c1ccc(-c2ccc3c(c2)nc(-c2cccc(-n4c5ccccc5c5cc(-c6cccc7c6oc6ccccc67)ccc54)c2)n3-c2ccccc2)cc1. The van der Waals surface area contributed by atoms with E-state index in [1.54, 1.807) is 0 Å². The minimum atomic E-state index is 0.903. The van der Waals surface area contributed by atoms with Crippen molar-refractivity contribution in [2.75, 3.05) is 0 Å². The summed E-state index contributed by atoms with van der Waals surface area (Å²) in [4.78, 5) is 5.32. The third kappa shape index (κ3) is 4.66. The van der Waals surface area contributed by atoms with Crippen LogP contribution in [0.25, 0.3) is 99.8 Å². The van der Waals surface area contributed by atoms with Crippen molar-refractivity contribution in [3.63, 3.8) is 0 Å². The molecule has 0 aliphatic heterocycles. The maximum absolute atomic E-state index is 6.45. The molecule has 8 aromatic carbocycles. The lowest BCUT2D eigenvalue weighted by atomic mass is 10.0. The van der Waals surface area contributed by atoms with Gasteiger partial charge in [0.1, 0.15) is 17.0 Å². The molecule has 53 heavy (non-hydrogen) atoms. The standard InChI is InChI=1S/C49H31N3O/c1-3-13-32(14-4-1)33-25-28-46-43(31-33)50-49(52(46)36-16-5-2-6-17-36)35-15-11-18-37(29-35)51-44-23-9-7-19-39(44)42-30-34(26-27-45(42)51)38-21-12-22-41-40-20-8-10-24-47(40)53-48(38)41/h1-31H. The predicted molar refractivity (Wildman–Crippen MR) is 219 cm³/mol. The molecule has 11 rings (SSSR count). The molecule has 0 bridgehead atoms. The summed E-state index contributed by atoms with van der Waals surface area (Å²) in [6, 6.07) is 66.6. The zero-order valence-electron chi connectivity index (χ0n) is 28.6. The first-order valence-corrected chi connectivity index (χ1v) is 18.0. The van der Waals surface area contributed by atoms with Crippen molar-refractivity contribution in [1.82, 2.24) is 14.1 Å². The molecule has 3 heterocycles. The van der Waals surface area contributed by atoms with Gasteiger partial charge in [0, 0.05) is 44.0 Å². The Labute approximate surface area is 305 Å². The molecule has 0 fully saturated rings. The molecular formula is C49H31N3O. The second kappa shape index (κ2) is 11.7. The third-order valence-corrected chi connectivity index (χ3v) is 10.5. The van der Waals surface area contributed by atoms with Crippen LogP contribution >= 0.6 is 0 Å². The number of rotatable bonds is 5. The fourth-order valence-corrected chi connectivity index (χ4v) is 8.10. The minimum Gasteiger partial charge on any atom is -0.455 e. The summed E-state index contributed by atoms with van der Waals surface area (Å²) in [6.07, 6.45) is 0. The summed E-state index contributed by atoms with van der Waals surface area (Å²) < 4.78 is 11.1. The van der Waals surface area contributed by atoms with Gasteiger partial charge >= 0.3 is 0 Å². The zero-order valence-corrected chi connectivity index (χ0v) is 28.6. The third-order valence-electron chi connectivity index (χ3n) is 10.5. The lowest BCUT2D eigenvalue weighted by molar-refractivity contribution is 0.670. The van der Waals surface area contributed by atoms with Gasteiger partial charge in [-0.2, -0.15) is 0 Å². The summed E-state index contributed by atoms with van der Waals surface area (Å²) in [5, 5.41) is 4.67. The molecule has 0 atom stereocenters.